The minimum absolute atomic E-state index is 0.288. The van der Waals surface area contributed by atoms with Crippen LogP contribution >= 0.6 is 11.6 Å². The van der Waals surface area contributed by atoms with E-state index in [1.807, 2.05) is 20.8 Å². The Morgan fingerprint density at radius 3 is 2.00 bits per heavy atom. The fraction of sp³-hybridized carbons (Fsp3) is 0.538. The van der Waals surface area contributed by atoms with Crippen LogP contribution in [0.5, 0.6) is 11.5 Å². The van der Waals surface area contributed by atoms with Gasteiger partial charge in [-0.15, -0.1) is 0 Å². The maximum absolute atomic E-state index is 10.2. The molecule has 0 bridgehead atoms. The molecule has 0 spiro atoms. The van der Waals surface area contributed by atoms with Crippen molar-refractivity contribution in [1.29, 1.82) is 0 Å². The van der Waals surface area contributed by atoms with Gasteiger partial charge in [0.05, 0.1) is 25.3 Å². The molecule has 0 amide bonds. The van der Waals surface area contributed by atoms with Crippen molar-refractivity contribution in [1.82, 2.24) is 0 Å². The first-order valence-corrected chi connectivity index (χ1v) is 5.78. The van der Waals surface area contributed by atoms with Crippen LogP contribution in [0.2, 0.25) is 5.02 Å². The molecule has 4 heteroatoms. The van der Waals surface area contributed by atoms with E-state index in [9.17, 15) is 5.11 Å². The van der Waals surface area contributed by atoms with Crippen molar-refractivity contribution < 1.29 is 14.6 Å². The van der Waals surface area contributed by atoms with Crippen LogP contribution in [0.15, 0.2) is 12.1 Å². The number of hydrogen-bond donors (Lipinski definition) is 1. The average Bonchev–Trinajstić information content (AvgIpc) is 2.26. The topological polar surface area (TPSA) is 38.7 Å². The number of ether oxygens (including phenoxy) is 2. The molecule has 1 aromatic rings. The summed E-state index contributed by atoms with van der Waals surface area (Å²) in [6.45, 7) is 5.85. The van der Waals surface area contributed by atoms with Gasteiger partial charge in [-0.05, 0) is 11.5 Å². The molecule has 0 aliphatic heterocycles. The highest BCUT2D eigenvalue weighted by Gasteiger charge is 2.27. The fourth-order valence-electron chi connectivity index (χ4n) is 1.55. The van der Waals surface area contributed by atoms with Crippen LogP contribution in [-0.4, -0.2) is 19.3 Å². The first kappa shape index (κ1) is 14.1. The van der Waals surface area contributed by atoms with E-state index < -0.39 is 6.10 Å². The molecule has 1 rings (SSSR count). The lowest BCUT2D eigenvalue weighted by Crippen LogP contribution is -2.18. The maximum Gasteiger partial charge on any atom is 0.162 e. The van der Waals surface area contributed by atoms with Gasteiger partial charge in [0.2, 0.25) is 0 Å². The van der Waals surface area contributed by atoms with Gasteiger partial charge in [0.25, 0.3) is 0 Å². The van der Waals surface area contributed by atoms with Gasteiger partial charge in [0.15, 0.2) is 11.5 Å². The Morgan fingerprint density at radius 2 is 1.59 bits per heavy atom. The van der Waals surface area contributed by atoms with Crippen molar-refractivity contribution in [3.63, 3.8) is 0 Å². The van der Waals surface area contributed by atoms with Crippen molar-refractivity contribution in [2.24, 2.45) is 5.41 Å². The highest BCUT2D eigenvalue weighted by atomic mass is 35.5. The first-order chi connectivity index (χ1) is 7.81. The van der Waals surface area contributed by atoms with Crippen LogP contribution in [0.4, 0.5) is 0 Å². The molecule has 1 aromatic carbocycles. The normalized spacial score (nSPS) is 13.4. The van der Waals surface area contributed by atoms with Crippen molar-refractivity contribution in [3.8, 4) is 11.5 Å². The van der Waals surface area contributed by atoms with Gasteiger partial charge in [-0.25, -0.2) is 0 Å². The van der Waals surface area contributed by atoms with Crippen LogP contribution < -0.4 is 9.47 Å². The molecule has 0 saturated heterocycles. The second-order valence-electron chi connectivity index (χ2n) is 5.00. The van der Waals surface area contributed by atoms with E-state index in [0.717, 1.165) is 0 Å². The van der Waals surface area contributed by atoms with Gasteiger partial charge in [-0.1, -0.05) is 32.4 Å². The Kier molecular flexibility index (Phi) is 4.28. The standard InChI is InChI=1S/C13H19ClO3/c1-13(2,3)12(15)8-6-10(16-4)11(17-5)7-9(8)14/h6-7,12,15H,1-5H3. The zero-order valence-electron chi connectivity index (χ0n) is 10.9. The number of benzene rings is 1. The molecule has 0 aliphatic carbocycles. The summed E-state index contributed by atoms with van der Waals surface area (Å²) >= 11 is 6.14. The summed E-state index contributed by atoms with van der Waals surface area (Å²) in [5, 5.41) is 10.7. The molecule has 1 N–H and O–H groups in total. The number of halogens is 1. The minimum Gasteiger partial charge on any atom is -0.493 e. The van der Waals surface area contributed by atoms with Crippen LogP contribution in [0.3, 0.4) is 0 Å². The molecule has 1 atom stereocenters. The SMILES string of the molecule is COc1cc(Cl)c(C(O)C(C)(C)C)cc1OC. The Labute approximate surface area is 107 Å². The van der Waals surface area contributed by atoms with Gasteiger partial charge in [-0.2, -0.15) is 0 Å². The molecule has 0 aliphatic rings. The van der Waals surface area contributed by atoms with Crippen LogP contribution in [0.1, 0.15) is 32.4 Å². The van der Waals surface area contributed by atoms with Gasteiger partial charge in [0, 0.05) is 11.6 Å². The van der Waals surface area contributed by atoms with E-state index in [1.54, 1.807) is 26.4 Å². The molecule has 3 nitrogen and oxygen atoms in total. The van der Waals surface area contributed by atoms with E-state index >= 15 is 0 Å². The predicted octanol–water partition coefficient (Wildman–Crippen LogP) is 3.44. The van der Waals surface area contributed by atoms with Crippen molar-refractivity contribution in [3.05, 3.63) is 22.7 Å². The van der Waals surface area contributed by atoms with Crippen LogP contribution in [0, 0.1) is 5.41 Å². The van der Waals surface area contributed by atoms with Gasteiger partial charge < -0.3 is 14.6 Å². The quantitative estimate of drug-likeness (QED) is 0.903. The highest BCUT2D eigenvalue weighted by Crippen LogP contribution is 2.41. The molecule has 1 unspecified atom stereocenters. The lowest BCUT2D eigenvalue weighted by atomic mass is 9.84. The first-order valence-electron chi connectivity index (χ1n) is 5.40. The predicted molar refractivity (Wildman–Crippen MR) is 69.0 cm³/mol. The average molecular weight is 259 g/mol. The Balaban J connectivity index is 3.26. The Hall–Kier alpha value is -0.930. The Bertz CT molecular complexity index is 396. The second kappa shape index (κ2) is 5.15. The van der Waals surface area contributed by atoms with Crippen molar-refractivity contribution >= 4 is 11.6 Å². The molecule has 96 valence electrons. The highest BCUT2D eigenvalue weighted by molar-refractivity contribution is 6.31. The third kappa shape index (κ3) is 3.05. The summed E-state index contributed by atoms with van der Waals surface area (Å²) in [5.74, 6) is 1.12. The molecule has 0 aromatic heterocycles. The van der Waals surface area contributed by atoms with E-state index in [4.69, 9.17) is 21.1 Å². The molecular weight excluding hydrogens is 240 g/mol. The molecule has 0 heterocycles. The summed E-state index contributed by atoms with van der Waals surface area (Å²) in [6.07, 6.45) is -0.658. The zero-order valence-corrected chi connectivity index (χ0v) is 11.6. The van der Waals surface area contributed by atoms with Crippen LogP contribution in [0.25, 0.3) is 0 Å². The van der Waals surface area contributed by atoms with Gasteiger partial charge in [0.1, 0.15) is 0 Å². The largest absolute Gasteiger partial charge is 0.493 e. The van der Waals surface area contributed by atoms with Crippen LogP contribution in [-0.2, 0) is 0 Å². The summed E-state index contributed by atoms with van der Waals surface area (Å²) < 4.78 is 10.3. The fourth-order valence-corrected chi connectivity index (χ4v) is 1.80. The number of aliphatic hydroxyl groups is 1. The van der Waals surface area contributed by atoms with E-state index in [1.165, 1.54) is 0 Å². The Morgan fingerprint density at radius 1 is 1.12 bits per heavy atom. The number of methoxy groups -OCH3 is 2. The number of hydrogen-bond acceptors (Lipinski definition) is 3. The lowest BCUT2D eigenvalue weighted by Gasteiger charge is -2.27. The van der Waals surface area contributed by atoms with Gasteiger partial charge >= 0.3 is 0 Å². The van der Waals surface area contributed by atoms with Crippen molar-refractivity contribution in [2.75, 3.05) is 14.2 Å². The second-order valence-corrected chi connectivity index (χ2v) is 5.40. The summed E-state index contributed by atoms with van der Waals surface area (Å²) in [6, 6.07) is 3.38. The molecular formula is C13H19ClO3. The molecule has 0 saturated carbocycles. The smallest absolute Gasteiger partial charge is 0.162 e. The summed E-state index contributed by atoms with van der Waals surface area (Å²) in [5.41, 5.74) is 0.361. The molecule has 0 fully saturated rings. The molecule has 17 heavy (non-hydrogen) atoms. The van der Waals surface area contributed by atoms with Crippen molar-refractivity contribution in [2.45, 2.75) is 26.9 Å². The van der Waals surface area contributed by atoms with E-state index in [2.05, 4.69) is 0 Å². The van der Waals surface area contributed by atoms with E-state index in [-0.39, 0.29) is 5.41 Å². The summed E-state index contributed by atoms with van der Waals surface area (Å²) in [7, 11) is 3.10. The maximum atomic E-state index is 10.2. The third-order valence-electron chi connectivity index (χ3n) is 2.62. The minimum atomic E-state index is -0.658. The molecule has 0 radical (unpaired) electrons. The number of aliphatic hydroxyl groups excluding tert-OH is 1. The third-order valence-corrected chi connectivity index (χ3v) is 2.95. The lowest BCUT2D eigenvalue weighted by molar-refractivity contribution is 0.0625. The van der Waals surface area contributed by atoms with E-state index in [0.29, 0.717) is 22.1 Å². The zero-order chi connectivity index (χ0) is 13.2. The summed E-state index contributed by atoms with van der Waals surface area (Å²) in [4.78, 5) is 0. The van der Waals surface area contributed by atoms with Gasteiger partial charge in [-0.3, -0.25) is 0 Å². The monoisotopic (exact) mass is 258 g/mol. The number of rotatable bonds is 3.